The molecule has 0 aliphatic carbocycles. The van der Waals surface area contributed by atoms with Crippen LogP contribution in [0.2, 0.25) is 0 Å². The van der Waals surface area contributed by atoms with Crippen molar-refractivity contribution in [3.63, 3.8) is 0 Å². The molecule has 8 heteroatoms. The summed E-state index contributed by atoms with van der Waals surface area (Å²) in [6.07, 6.45) is 5.87. The molecule has 39 heavy (non-hydrogen) atoms. The fourth-order valence-electron chi connectivity index (χ4n) is 4.71. The summed E-state index contributed by atoms with van der Waals surface area (Å²) < 4.78 is 13.1. The molecule has 0 bridgehead atoms. The second-order valence-electron chi connectivity index (χ2n) is 9.22. The Morgan fingerprint density at radius 3 is 2.46 bits per heavy atom. The Bertz CT molecular complexity index is 1460. The van der Waals surface area contributed by atoms with E-state index < -0.39 is 17.7 Å². The summed E-state index contributed by atoms with van der Waals surface area (Å²) in [5.74, 6) is -0.400. The minimum Gasteiger partial charge on any atom is -0.507 e. The quantitative estimate of drug-likeness (QED) is 0.179. The predicted molar refractivity (Wildman–Crippen MR) is 146 cm³/mol. The molecule has 0 spiro atoms. The summed E-state index contributed by atoms with van der Waals surface area (Å²) >= 11 is 0. The largest absolute Gasteiger partial charge is 0.507 e. The third-order valence-corrected chi connectivity index (χ3v) is 6.70. The second kappa shape index (κ2) is 11.7. The number of ether oxygens (including phenoxy) is 2. The second-order valence-corrected chi connectivity index (χ2v) is 9.22. The summed E-state index contributed by atoms with van der Waals surface area (Å²) in [6.45, 7) is 1.38. The van der Waals surface area contributed by atoms with Gasteiger partial charge in [0.2, 0.25) is 0 Å². The number of carbonyl (C=O) groups is 2. The number of ketones is 1. The minimum atomic E-state index is -0.748. The summed E-state index contributed by atoms with van der Waals surface area (Å²) in [5, 5.41) is 11.3. The standard InChI is InChI=1S/C31H29N3O5/c1-38-26-10-5-9-24(19-26)29(35)27-28(34(31(37)30(27)36)17-6-16-33-18-15-32-21-33)23-11-13-25(14-12-23)39-20-22-7-3-2-4-8-22/h2-5,7-15,18-19,21,28,35H,6,16-17,20H2,1H3/b29-27+. The Kier molecular flexibility index (Phi) is 7.73. The monoisotopic (exact) mass is 523 g/mol. The molecule has 0 saturated carbocycles. The number of nitrogens with zero attached hydrogens (tertiary/aromatic N) is 3. The Morgan fingerprint density at radius 2 is 1.74 bits per heavy atom. The minimum absolute atomic E-state index is 0.0498. The van der Waals surface area contributed by atoms with E-state index in [1.54, 1.807) is 36.8 Å². The summed E-state index contributed by atoms with van der Waals surface area (Å²) in [7, 11) is 1.53. The van der Waals surface area contributed by atoms with E-state index in [4.69, 9.17) is 9.47 Å². The number of aromatic nitrogens is 2. The van der Waals surface area contributed by atoms with E-state index in [0.717, 1.165) is 5.56 Å². The van der Waals surface area contributed by atoms with E-state index in [9.17, 15) is 14.7 Å². The number of hydrogen-bond acceptors (Lipinski definition) is 6. The number of aliphatic hydroxyl groups is 1. The highest BCUT2D eigenvalue weighted by Gasteiger charge is 2.45. The molecule has 2 heterocycles. The SMILES string of the molecule is COc1cccc(/C(O)=C2\C(=O)C(=O)N(CCCn3ccnc3)C2c2ccc(OCc3ccccc3)cc2)c1. The van der Waals surface area contributed by atoms with Crippen LogP contribution >= 0.6 is 0 Å². The molecule has 0 radical (unpaired) electrons. The van der Waals surface area contributed by atoms with Gasteiger partial charge in [-0.25, -0.2) is 4.98 Å². The first-order valence-electron chi connectivity index (χ1n) is 12.7. The van der Waals surface area contributed by atoms with Crippen molar-refractivity contribution in [2.45, 2.75) is 25.6 Å². The molecular weight excluding hydrogens is 494 g/mol. The first-order chi connectivity index (χ1) is 19.0. The summed E-state index contributed by atoms with van der Waals surface area (Å²) in [4.78, 5) is 32.1. The zero-order valence-electron chi connectivity index (χ0n) is 21.6. The van der Waals surface area contributed by atoms with E-state index >= 15 is 0 Å². The Morgan fingerprint density at radius 1 is 0.949 bits per heavy atom. The first-order valence-corrected chi connectivity index (χ1v) is 12.7. The van der Waals surface area contributed by atoms with Crippen molar-refractivity contribution in [3.8, 4) is 11.5 Å². The van der Waals surface area contributed by atoms with Gasteiger partial charge in [0.25, 0.3) is 11.7 Å². The van der Waals surface area contributed by atoms with Crippen LogP contribution in [-0.4, -0.2) is 44.9 Å². The fraction of sp³-hybridized carbons (Fsp3) is 0.194. The van der Waals surface area contributed by atoms with Crippen LogP contribution in [0.5, 0.6) is 11.5 Å². The lowest BCUT2D eigenvalue weighted by atomic mass is 9.95. The van der Waals surface area contributed by atoms with Crippen molar-refractivity contribution in [1.82, 2.24) is 14.5 Å². The van der Waals surface area contributed by atoms with Crippen molar-refractivity contribution < 1.29 is 24.2 Å². The van der Waals surface area contributed by atoms with Gasteiger partial charge in [-0.2, -0.15) is 0 Å². The van der Waals surface area contributed by atoms with Gasteiger partial charge in [-0.05, 0) is 41.8 Å². The van der Waals surface area contributed by atoms with Gasteiger partial charge in [0.15, 0.2) is 0 Å². The van der Waals surface area contributed by atoms with Crippen LogP contribution in [0, 0.1) is 0 Å². The highest BCUT2D eigenvalue weighted by molar-refractivity contribution is 6.46. The third-order valence-electron chi connectivity index (χ3n) is 6.70. The lowest BCUT2D eigenvalue weighted by molar-refractivity contribution is -0.139. The van der Waals surface area contributed by atoms with Crippen molar-refractivity contribution >= 4 is 17.4 Å². The average Bonchev–Trinajstić information content (AvgIpc) is 3.59. The molecule has 1 atom stereocenters. The maximum Gasteiger partial charge on any atom is 0.295 e. The normalized spacial score (nSPS) is 16.4. The van der Waals surface area contributed by atoms with E-state index in [-0.39, 0.29) is 11.3 Å². The molecule has 1 aliphatic rings. The average molecular weight is 524 g/mol. The van der Waals surface area contributed by atoms with Crippen LogP contribution in [0.3, 0.4) is 0 Å². The van der Waals surface area contributed by atoms with Gasteiger partial charge < -0.3 is 24.0 Å². The molecule has 1 aliphatic heterocycles. The number of amides is 1. The molecule has 1 fully saturated rings. The molecule has 1 N–H and O–H groups in total. The van der Waals surface area contributed by atoms with Crippen molar-refractivity contribution in [2.24, 2.45) is 0 Å². The maximum atomic E-state index is 13.3. The third kappa shape index (κ3) is 5.70. The van der Waals surface area contributed by atoms with Gasteiger partial charge in [-0.3, -0.25) is 9.59 Å². The molecule has 1 unspecified atom stereocenters. The number of methoxy groups -OCH3 is 1. The lowest BCUT2D eigenvalue weighted by Gasteiger charge is -2.25. The number of benzene rings is 3. The van der Waals surface area contributed by atoms with E-state index in [1.165, 1.54) is 12.0 Å². The van der Waals surface area contributed by atoms with Gasteiger partial charge >= 0.3 is 0 Å². The summed E-state index contributed by atoms with van der Waals surface area (Å²) in [6, 6.07) is 23.2. The smallest absolute Gasteiger partial charge is 0.295 e. The van der Waals surface area contributed by atoms with Crippen molar-refractivity contribution in [2.75, 3.05) is 13.7 Å². The molecule has 198 valence electrons. The van der Waals surface area contributed by atoms with E-state index in [0.29, 0.717) is 48.7 Å². The maximum absolute atomic E-state index is 13.3. The lowest BCUT2D eigenvalue weighted by Crippen LogP contribution is -2.31. The Labute approximate surface area is 226 Å². The number of likely N-dealkylation sites (tertiary alicyclic amines) is 1. The molecule has 1 aromatic heterocycles. The van der Waals surface area contributed by atoms with Crippen LogP contribution in [0.15, 0.2) is 103 Å². The van der Waals surface area contributed by atoms with Crippen LogP contribution in [-0.2, 0) is 22.7 Å². The topological polar surface area (TPSA) is 93.9 Å². The van der Waals surface area contributed by atoms with Crippen LogP contribution < -0.4 is 9.47 Å². The number of Topliss-reactive ketones (excluding diaryl/α,β-unsaturated/α-hetero) is 1. The Hall–Kier alpha value is -4.85. The highest BCUT2D eigenvalue weighted by atomic mass is 16.5. The molecule has 4 aromatic rings. The number of aryl methyl sites for hydroxylation is 1. The van der Waals surface area contributed by atoms with Crippen LogP contribution in [0.25, 0.3) is 5.76 Å². The van der Waals surface area contributed by atoms with Crippen LogP contribution in [0.4, 0.5) is 0 Å². The van der Waals surface area contributed by atoms with Gasteiger partial charge in [0.1, 0.15) is 23.9 Å². The number of rotatable bonds is 10. The van der Waals surface area contributed by atoms with Gasteiger partial charge in [0.05, 0.1) is 25.1 Å². The molecule has 1 amide bonds. The molecule has 5 rings (SSSR count). The number of hydrogen-bond donors (Lipinski definition) is 1. The van der Waals surface area contributed by atoms with Crippen LogP contribution in [0.1, 0.15) is 29.2 Å². The van der Waals surface area contributed by atoms with E-state index in [2.05, 4.69) is 4.98 Å². The predicted octanol–water partition coefficient (Wildman–Crippen LogP) is 4.98. The van der Waals surface area contributed by atoms with Gasteiger partial charge in [-0.15, -0.1) is 0 Å². The first kappa shape index (κ1) is 25.8. The molecular formula is C31H29N3O5. The Balaban J connectivity index is 1.45. The van der Waals surface area contributed by atoms with Crippen molar-refractivity contribution in [1.29, 1.82) is 0 Å². The molecule has 1 saturated heterocycles. The van der Waals surface area contributed by atoms with Gasteiger partial charge in [-0.1, -0.05) is 54.6 Å². The van der Waals surface area contributed by atoms with Gasteiger partial charge in [0, 0.05) is 31.0 Å². The molecule has 3 aromatic carbocycles. The number of imidazole rings is 1. The number of carbonyl (C=O) groups excluding carboxylic acids is 2. The highest BCUT2D eigenvalue weighted by Crippen LogP contribution is 2.40. The van der Waals surface area contributed by atoms with Crippen molar-refractivity contribution in [3.05, 3.63) is 120 Å². The zero-order valence-corrected chi connectivity index (χ0v) is 21.6. The number of aliphatic hydroxyl groups excluding tert-OH is 1. The molecule has 8 nitrogen and oxygen atoms in total. The van der Waals surface area contributed by atoms with E-state index in [1.807, 2.05) is 65.4 Å². The summed E-state index contributed by atoms with van der Waals surface area (Å²) in [5.41, 5.74) is 2.20. The fourth-order valence-corrected chi connectivity index (χ4v) is 4.71. The zero-order chi connectivity index (χ0) is 27.2.